The topological polar surface area (TPSA) is 68.8 Å². The van der Waals surface area contributed by atoms with E-state index in [4.69, 9.17) is 14.2 Å². The maximum atomic E-state index is 12.8. The quantitative estimate of drug-likeness (QED) is 0.760. The first kappa shape index (κ1) is 17.9. The van der Waals surface area contributed by atoms with Crippen molar-refractivity contribution in [2.75, 3.05) is 26.6 Å². The zero-order valence-electron chi connectivity index (χ0n) is 15.2. The maximum Gasteiger partial charge on any atom is 0.247 e. The van der Waals surface area contributed by atoms with E-state index >= 15 is 0 Å². The number of carbonyl (C=O) groups excluding carboxylic acids is 1. The Hall–Kier alpha value is -2.89. The van der Waals surface area contributed by atoms with Gasteiger partial charge in [-0.3, -0.25) is 4.79 Å². The molecule has 138 valence electrons. The summed E-state index contributed by atoms with van der Waals surface area (Å²) in [6, 6.07) is 13.0. The molecule has 0 radical (unpaired) electrons. The second-order valence-electron chi connectivity index (χ2n) is 6.18. The molecule has 6 nitrogen and oxygen atoms in total. The Morgan fingerprint density at radius 3 is 2.12 bits per heavy atom. The number of methoxy groups -OCH3 is 3. The second-order valence-corrected chi connectivity index (χ2v) is 6.18. The minimum absolute atomic E-state index is 0.0487. The molecule has 0 aliphatic heterocycles. The molecule has 3 rings (SSSR count). The molecular weight excluding hydrogens is 332 g/mol. The number of anilines is 1. The molecule has 0 spiro atoms. The Kier molecular flexibility index (Phi) is 5.51. The number of amides is 1. The van der Waals surface area contributed by atoms with Gasteiger partial charge in [0.15, 0.2) is 11.5 Å². The minimum Gasteiger partial charge on any atom is -0.493 e. The summed E-state index contributed by atoms with van der Waals surface area (Å²) in [6.07, 6.45) is 2.08. The fourth-order valence-corrected chi connectivity index (χ4v) is 2.79. The number of hydrogen-bond donors (Lipinski definition) is 2. The number of rotatable bonds is 8. The van der Waals surface area contributed by atoms with E-state index in [0.717, 1.165) is 18.4 Å². The largest absolute Gasteiger partial charge is 0.493 e. The van der Waals surface area contributed by atoms with Crippen molar-refractivity contribution in [1.82, 2.24) is 5.32 Å². The number of benzene rings is 2. The van der Waals surface area contributed by atoms with Crippen LogP contribution in [0, 0.1) is 0 Å². The smallest absolute Gasteiger partial charge is 0.247 e. The molecule has 2 aromatic rings. The molecule has 26 heavy (non-hydrogen) atoms. The standard InChI is InChI=1S/C20H24N2O4/c1-24-16-11-15(12-17(25-2)19(16)26-3)21-18(13-7-5-4-6-8-13)20(23)22-14-9-10-14/h4-8,11-12,14,18,21H,9-10H2,1-3H3,(H,22,23). The van der Waals surface area contributed by atoms with E-state index in [1.165, 1.54) is 0 Å². The summed E-state index contributed by atoms with van der Waals surface area (Å²) in [5.74, 6) is 1.53. The van der Waals surface area contributed by atoms with Gasteiger partial charge in [-0.05, 0) is 18.4 Å². The van der Waals surface area contributed by atoms with E-state index in [0.29, 0.717) is 22.9 Å². The third-order valence-electron chi connectivity index (χ3n) is 4.29. The van der Waals surface area contributed by atoms with Crippen molar-refractivity contribution in [3.63, 3.8) is 0 Å². The Labute approximate surface area is 153 Å². The lowest BCUT2D eigenvalue weighted by Gasteiger charge is -2.21. The van der Waals surface area contributed by atoms with Gasteiger partial charge in [-0.1, -0.05) is 30.3 Å². The first-order valence-electron chi connectivity index (χ1n) is 8.58. The van der Waals surface area contributed by atoms with Crippen molar-refractivity contribution >= 4 is 11.6 Å². The third-order valence-corrected chi connectivity index (χ3v) is 4.29. The van der Waals surface area contributed by atoms with E-state index < -0.39 is 6.04 Å². The van der Waals surface area contributed by atoms with E-state index in [1.807, 2.05) is 30.3 Å². The van der Waals surface area contributed by atoms with Crippen molar-refractivity contribution < 1.29 is 19.0 Å². The van der Waals surface area contributed by atoms with Gasteiger partial charge in [-0.15, -0.1) is 0 Å². The third kappa shape index (κ3) is 4.02. The summed E-state index contributed by atoms with van der Waals surface area (Å²) in [5.41, 5.74) is 1.60. The fourth-order valence-electron chi connectivity index (χ4n) is 2.79. The SMILES string of the molecule is COc1cc(NC(C(=O)NC2CC2)c2ccccc2)cc(OC)c1OC. The first-order valence-corrected chi connectivity index (χ1v) is 8.58. The zero-order valence-corrected chi connectivity index (χ0v) is 15.2. The Bertz CT molecular complexity index is 735. The van der Waals surface area contributed by atoms with Crippen molar-refractivity contribution in [2.45, 2.75) is 24.9 Å². The maximum absolute atomic E-state index is 12.8. The number of ether oxygens (including phenoxy) is 3. The Morgan fingerprint density at radius 2 is 1.62 bits per heavy atom. The van der Waals surface area contributed by atoms with Crippen LogP contribution >= 0.6 is 0 Å². The molecule has 0 saturated heterocycles. The summed E-state index contributed by atoms with van der Waals surface area (Å²) >= 11 is 0. The van der Waals surface area contributed by atoms with Gasteiger partial charge < -0.3 is 24.8 Å². The average Bonchev–Trinajstić information content (AvgIpc) is 3.49. The lowest BCUT2D eigenvalue weighted by molar-refractivity contribution is -0.122. The Balaban J connectivity index is 1.92. The molecule has 0 heterocycles. The van der Waals surface area contributed by atoms with Gasteiger partial charge in [0, 0.05) is 23.9 Å². The monoisotopic (exact) mass is 356 g/mol. The molecule has 1 fully saturated rings. The van der Waals surface area contributed by atoms with Crippen LogP contribution in [-0.4, -0.2) is 33.3 Å². The van der Waals surface area contributed by atoms with Crippen LogP contribution in [-0.2, 0) is 4.79 Å². The minimum atomic E-state index is -0.514. The summed E-state index contributed by atoms with van der Waals surface area (Å²) in [6.45, 7) is 0. The first-order chi connectivity index (χ1) is 12.7. The lowest BCUT2D eigenvalue weighted by atomic mass is 10.1. The molecular formula is C20H24N2O4. The second kappa shape index (κ2) is 7.99. The van der Waals surface area contributed by atoms with Crippen LogP contribution in [0.2, 0.25) is 0 Å². The van der Waals surface area contributed by atoms with Gasteiger partial charge in [-0.2, -0.15) is 0 Å². The molecule has 2 aromatic carbocycles. The Morgan fingerprint density at radius 1 is 1.00 bits per heavy atom. The molecule has 0 bridgehead atoms. The highest BCUT2D eigenvalue weighted by Crippen LogP contribution is 2.40. The fraction of sp³-hybridized carbons (Fsp3) is 0.350. The van der Waals surface area contributed by atoms with Crippen molar-refractivity contribution in [1.29, 1.82) is 0 Å². The van der Waals surface area contributed by atoms with Gasteiger partial charge >= 0.3 is 0 Å². The highest BCUT2D eigenvalue weighted by atomic mass is 16.5. The van der Waals surface area contributed by atoms with Gasteiger partial charge in [0.25, 0.3) is 0 Å². The van der Waals surface area contributed by atoms with Crippen LogP contribution in [0.1, 0.15) is 24.4 Å². The van der Waals surface area contributed by atoms with Crippen molar-refractivity contribution in [3.05, 3.63) is 48.0 Å². The zero-order chi connectivity index (χ0) is 18.5. The van der Waals surface area contributed by atoms with Gasteiger partial charge in [0.2, 0.25) is 11.7 Å². The van der Waals surface area contributed by atoms with Crippen LogP contribution in [0.5, 0.6) is 17.2 Å². The average molecular weight is 356 g/mol. The van der Waals surface area contributed by atoms with E-state index in [1.54, 1.807) is 33.5 Å². The van der Waals surface area contributed by atoms with Crippen LogP contribution in [0.3, 0.4) is 0 Å². The molecule has 1 saturated carbocycles. The number of carbonyl (C=O) groups is 1. The summed E-state index contributed by atoms with van der Waals surface area (Å²) in [7, 11) is 4.69. The molecule has 2 N–H and O–H groups in total. The highest BCUT2D eigenvalue weighted by Gasteiger charge is 2.28. The molecule has 1 atom stereocenters. The molecule has 1 unspecified atom stereocenters. The number of nitrogens with one attached hydrogen (secondary N) is 2. The molecule has 1 aliphatic carbocycles. The number of hydrogen-bond acceptors (Lipinski definition) is 5. The van der Waals surface area contributed by atoms with E-state index in [9.17, 15) is 4.79 Å². The van der Waals surface area contributed by atoms with Gasteiger partial charge in [0.05, 0.1) is 21.3 Å². The highest BCUT2D eigenvalue weighted by molar-refractivity contribution is 5.86. The summed E-state index contributed by atoms with van der Waals surface area (Å²) in [5, 5.41) is 6.37. The van der Waals surface area contributed by atoms with Crippen molar-refractivity contribution in [3.8, 4) is 17.2 Å². The predicted molar refractivity (Wildman–Crippen MR) is 100 cm³/mol. The summed E-state index contributed by atoms with van der Waals surface area (Å²) in [4.78, 5) is 12.8. The van der Waals surface area contributed by atoms with Gasteiger partial charge in [-0.25, -0.2) is 0 Å². The van der Waals surface area contributed by atoms with E-state index in [-0.39, 0.29) is 11.9 Å². The van der Waals surface area contributed by atoms with Gasteiger partial charge in [0.1, 0.15) is 6.04 Å². The van der Waals surface area contributed by atoms with Crippen LogP contribution < -0.4 is 24.8 Å². The predicted octanol–water partition coefficient (Wildman–Crippen LogP) is 3.14. The van der Waals surface area contributed by atoms with Crippen LogP contribution in [0.25, 0.3) is 0 Å². The van der Waals surface area contributed by atoms with E-state index in [2.05, 4.69) is 10.6 Å². The molecule has 0 aromatic heterocycles. The summed E-state index contributed by atoms with van der Waals surface area (Å²) < 4.78 is 16.1. The van der Waals surface area contributed by atoms with Crippen LogP contribution in [0.15, 0.2) is 42.5 Å². The lowest BCUT2D eigenvalue weighted by Crippen LogP contribution is -2.34. The van der Waals surface area contributed by atoms with Crippen LogP contribution in [0.4, 0.5) is 5.69 Å². The molecule has 6 heteroatoms. The molecule has 1 amide bonds. The van der Waals surface area contributed by atoms with Crippen molar-refractivity contribution in [2.24, 2.45) is 0 Å². The molecule has 1 aliphatic rings. The normalized spacial score (nSPS) is 14.3.